The van der Waals surface area contributed by atoms with Crippen molar-refractivity contribution >= 4 is 61.4 Å². The van der Waals surface area contributed by atoms with E-state index in [0.717, 1.165) is 34.0 Å². The molecule has 208 valence electrons. The minimum absolute atomic E-state index is 0.0187. The van der Waals surface area contributed by atoms with Gasteiger partial charge in [-0.2, -0.15) is 4.58 Å². The van der Waals surface area contributed by atoms with Crippen LogP contribution >= 0.6 is 22.6 Å². The van der Waals surface area contributed by atoms with Gasteiger partial charge in [-0.3, -0.25) is 4.79 Å². The van der Waals surface area contributed by atoms with Crippen LogP contribution in [0, 0.1) is 0 Å². The summed E-state index contributed by atoms with van der Waals surface area (Å²) in [4.78, 5) is 14.2. The first kappa shape index (κ1) is 29.5. The van der Waals surface area contributed by atoms with Gasteiger partial charge in [0.15, 0.2) is 5.71 Å². The molecule has 0 aromatic heterocycles. The Kier molecular flexibility index (Phi) is 8.45. The maximum atomic E-state index is 11.9. The number of nitrogens with zero attached hydrogens (tertiary/aromatic N) is 2. The second kappa shape index (κ2) is 11.2. The standard InChI is InChI=1S/C30H36IN3O4S/c1-29(2)22-11-6-7-12-25(22)34(17-8-9-18-39(36,37)38)27(29)14-10-13-26-30(3,4)23-19-21(32-28(35)20-31)15-16-24(23)33(26)5/h6-7,10-16,19H,8-9,17-18,20H2,1-5H3,(H-,32,35,36,37,38). The van der Waals surface area contributed by atoms with Gasteiger partial charge in [0, 0.05) is 52.5 Å². The van der Waals surface area contributed by atoms with E-state index in [-0.39, 0.29) is 22.5 Å². The van der Waals surface area contributed by atoms with E-state index < -0.39 is 10.1 Å². The molecule has 0 atom stereocenters. The Bertz CT molecular complexity index is 1490. The van der Waals surface area contributed by atoms with Crippen LogP contribution in [0.4, 0.5) is 17.1 Å². The zero-order chi connectivity index (χ0) is 28.6. The normalized spacial score (nSPS) is 18.6. The smallest absolute Gasteiger partial charge is 0.234 e. The fourth-order valence-electron chi connectivity index (χ4n) is 5.77. The van der Waals surface area contributed by atoms with Gasteiger partial charge in [-0.1, -0.05) is 60.7 Å². The molecule has 0 saturated carbocycles. The molecule has 2 aromatic rings. The first-order valence-electron chi connectivity index (χ1n) is 13.1. The Hall–Kier alpha value is -2.50. The molecular weight excluding hydrogens is 625 g/mol. The van der Waals surface area contributed by atoms with Crippen LogP contribution in [0.15, 0.2) is 66.4 Å². The number of benzene rings is 2. The van der Waals surface area contributed by atoms with Gasteiger partial charge in [0.1, 0.15) is 7.05 Å². The van der Waals surface area contributed by atoms with Crippen molar-refractivity contribution in [3.05, 3.63) is 77.5 Å². The summed E-state index contributed by atoms with van der Waals surface area (Å²) in [5, 5.41) is 2.96. The molecule has 0 saturated heterocycles. The number of anilines is 2. The number of halogens is 1. The predicted molar refractivity (Wildman–Crippen MR) is 166 cm³/mol. The van der Waals surface area contributed by atoms with Crippen molar-refractivity contribution in [2.45, 2.75) is 51.4 Å². The first-order chi connectivity index (χ1) is 18.3. The van der Waals surface area contributed by atoms with E-state index in [9.17, 15) is 17.8 Å². The summed E-state index contributed by atoms with van der Waals surface area (Å²) >= 11 is 2.06. The summed E-state index contributed by atoms with van der Waals surface area (Å²) in [6.07, 6.45) is 7.33. The highest BCUT2D eigenvalue weighted by atomic mass is 127. The van der Waals surface area contributed by atoms with E-state index >= 15 is 0 Å². The largest absolute Gasteiger partial charge is 0.748 e. The van der Waals surface area contributed by atoms with Crippen molar-refractivity contribution in [2.24, 2.45) is 0 Å². The van der Waals surface area contributed by atoms with E-state index in [1.54, 1.807) is 0 Å². The molecule has 2 aliphatic heterocycles. The number of fused-ring (bicyclic) bond motifs is 2. The number of alkyl halides is 1. The molecular formula is C30H36IN3O4S. The van der Waals surface area contributed by atoms with E-state index in [0.29, 0.717) is 23.8 Å². The number of carbonyl (C=O) groups is 1. The first-order valence-corrected chi connectivity index (χ1v) is 16.2. The van der Waals surface area contributed by atoms with Crippen molar-refractivity contribution in [2.75, 3.05) is 34.0 Å². The van der Waals surface area contributed by atoms with Gasteiger partial charge in [0.25, 0.3) is 0 Å². The van der Waals surface area contributed by atoms with E-state index in [1.807, 2.05) is 18.2 Å². The van der Waals surface area contributed by atoms with E-state index in [1.165, 1.54) is 5.56 Å². The van der Waals surface area contributed by atoms with Crippen LogP contribution in [-0.2, 0) is 25.7 Å². The van der Waals surface area contributed by atoms with Crippen molar-refractivity contribution in [3.63, 3.8) is 0 Å². The average molecular weight is 662 g/mol. The number of nitrogens with one attached hydrogen (secondary N) is 1. The third kappa shape index (κ3) is 6.00. The highest BCUT2D eigenvalue weighted by Gasteiger charge is 2.43. The van der Waals surface area contributed by atoms with Gasteiger partial charge in [-0.15, -0.1) is 0 Å². The monoisotopic (exact) mass is 661 g/mol. The molecule has 0 unspecified atom stereocenters. The minimum Gasteiger partial charge on any atom is -0.748 e. The number of carbonyl (C=O) groups excluding carboxylic acids is 1. The van der Waals surface area contributed by atoms with Crippen molar-refractivity contribution in [1.82, 2.24) is 0 Å². The van der Waals surface area contributed by atoms with Gasteiger partial charge in [0.05, 0.1) is 20.0 Å². The van der Waals surface area contributed by atoms with Crippen LogP contribution in [0.5, 0.6) is 0 Å². The molecule has 4 rings (SSSR count). The fourth-order valence-corrected chi connectivity index (χ4v) is 6.52. The molecule has 2 aromatic carbocycles. The fraction of sp³-hybridized carbons (Fsp3) is 0.400. The van der Waals surface area contributed by atoms with Crippen molar-refractivity contribution < 1.29 is 22.3 Å². The maximum absolute atomic E-state index is 11.9. The Labute approximate surface area is 245 Å². The van der Waals surface area contributed by atoms with Gasteiger partial charge >= 0.3 is 0 Å². The minimum atomic E-state index is -4.21. The van der Waals surface area contributed by atoms with Crippen LogP contribution in [0.3, 0.4) is 0 Å². The molecule has 1 amide bonds. The summed E-state index contributed by atoms with van der Waals surface area (Å²) in [6, 6.07) is 14.4. The molecule has 0 fully saturated rings. The summed E-state index contributed by atoms with van der Waals surface area (Å²) < 4.78 is 35.9. The van der Waals surface area contributed by atoms with Crippen LogP contribution < -0.4 is 10.2 Å². The molecule has 0 spiro atoms. The highest BCUT2D eigenvalue weighted by Crippen LogP contribution is 2.48. The maximum Gasteiger partial charge on any atom is 0.234 e. The van der Waals surface area contributed by atoms with Crippen LogP contribution in [0.25, 0.3) is 0 Å². The third-order valence-corrected chi connectivity index (χ3v) is 9.25. The average Bonchev–Trinajstić information content (AvgIpc) is 3.20. The molecule has 1 N–H and O–H groups in total. The molecule has 2 heterocycles. The van der Waals surface area contributed by atoms with E-state index in [2.05, 4.69) is 115 Å². The number of hydrogen-bond donors (Lipinski definition) is 1. The molecule has 0 aliphatic carbocycles. The lowest BCUT2D eigenvalue weighted by Gasteiger charge is -2.27. The van der Waals surface area contributed by atoms with Gasteiger partial charge in [0.2, 0.25) is 11.6 Å². The zero-order valence-electron chi connectivity index (χ0n) is 23.1. The SMILES string of the molecule is C[N+]1=C(/C=C/C=C2/N(CCCCS(=O)(=O)[O-])c3ccccc3C2(C)C)C(C)(C)c2cc(NC(=O)CI)ccc21. The second-order valence-electron chi connectivity index (χ2n) is 11.2. The van der Waals surface area contributed by atoms with Gasteiger partial charge in [-0.05, 0) is 56.5 Å². The molecule has 7 nitrogen and oxygen atoms in total. The lowest BCUT2D eigenvalue weighted by atomic mass is 9.81. The summed E-state index contributed by atoms with van der Waals surface area (Å²) in [7, 11) is -2.15. The molecule has 39 heavy (non-hydrogen) atoms. The summed E-state index contributed by atoms with van der Waals surface area (Å²) in [5.41, 5.74) is 7.19. The summed E-state index contributed by atoms with van der Waals surface area (Å²) in [6.45, 7) is 9.42. The Morgan fingerprint density at radius 2 is 1.79 bits per heavy atom. The number of allylic oxidation sites excluding steroid dienone is 4. The number of hydrogen-bond acceptors (Lipinski definition) is 5. The lowest BCUT2D eigenvalue weighted by Crippen LogP contribution is -2.28. The van der Waals surface area contributed by atoms with Crippen LogP contribution in [0.2, 0.25) is 0 Å². The molecule has 0 radical (unpaired) electrons. The van der Waals surface area contributed by atoms with Crippen molar-refractivity contribution in [3.8, 4) is 0 Å². The van der Waals surface area contributed by atoms with Gasteiger partial charge in [-0.25, -0.2) is 8.42 Å². The number of unbranched alkanes of at least 4 members (excludes halogenated alkanes) is 1. The van der Waals surface area contributed by atoms with Crippen LogP contribution in [-0.4, -0.2) is 52.9 Å². The Balaban J connectivity index is 1.62. The van der Waals surface area contributed by atoms with E-state index in [4.69, 9.17) is 0 Å². The molecule has 2 aliphatic rings. The zero-order valence-corrected chi connectivity index (χ0v) is 26.1. The number of rotatable bonds is 9. The number of amides is 1. The quantitative estimate of drug-likeness (QED) is 0.124. The van der Waals surface area contributed by atoms with Gasteiger partial charge < -0.3 is 14.8 Å². The molecule has 0 bridgehead atoms. The Morgan fingerprint density at radius 1 is 1.08 bits per heavy atom. The summed E-state index contributed by atoms with van der Waals surface area (Å²) in [5.74, 6) is -0.357. The Morgan fingerprint density at radius 3 is 2.49 bits per heavy atom. The number of para-hydroxylation sites is 1. The van der Waals surface area contributed by atoms with Crippen molar-refractivity contribution in [1.29, 1.82) is 0 Å². The highest BCUT2D eigenvalue weighted by molar-refractivity contribution is 14.1. The second-order valence-corrected chi connectivity index (χ2v) is 13.4. The topological polar surface area (TPSA) is 92.6 Å². The predicted octanol–water partition coefficient (Wildman–Crippen LogP) is 5.63. The van der Waals surface area contributed by atoms with Crippen LogP contribution in [0.1, 0.15) is 51.7 Å². The molecule has 9 heteroatoms. The third-order valence-electron chi connectivity index (χ3n) is 7.77. The lowest BCUT2D eigenvalue weighted by molar-refractivity contribution is -0.401.